The van der Waals surface area contributed by atoms with Crippen LogP contribution in [0.4, 0.5) is 0 Å². The van der Waals surface area contributed by atoms with Crippen molar-refractivity contribution in [2.75, 3.05) is 0 Å². The van der Waals surface area contributed by atoms with Crippen molar-refractivity contribution < 1.29 is 0 Å². The van der Waals surface area contributed by atoms with Crippen LogP contribution >= 0.6 is 0 Å². The first-order valence-corrected chi connectivity index (χ1v) is 13.1. The van der Waals surface area contributed by atoms with Crippen LogP contribution in [0.2, 0.25) is 0 Å². The Hall–Kier alpha value is -2.55. The molecule has 4 bridgehead atoms. The molecule has 0 amide bonds. The first-order valence-electron chi connectivity index (χ1n) is 13.1. The fourth-order valence-corrected chi connectivity index (χ4v) is 8.34. The lowest BCUT2D eigenvalue weighted by molar-refractivity contribution is 0.230. The minimum absolute atomic E-state index is 0.242. The highest BCUT2D eigenvalue weighted by atomic mass is 14.9. The molecule has 0 spiro atoms. The quantitative estimate of drug-likeness (QED) is 0.405. The Morgan fingerprint density at radius 2 is 0.971 bits per heavy atom. The summed E-state index contributed by atoms with van der Waals surface area (Å²) in [6.45, 7) is 14.6. The van der Waals surface area contributed by atoms with Crippen molar-refractivity contribution in [1.82, 2.24) is 15.0 Å². The molecule has 7 rings (SSSR count). The zero-order chi connectivity index (χ0) is 23.7. The van der Waals surface area contributed by atoms with Crippen molar-refractivity contribution >= 4 is 0 Å². The van der Waals surface area contributed by atoms with Crippen LogP contribution in [0.15, 0.2) is 42.5 Å². The highest BCUT2D eigenvalue weighted by molar-refractivity contribution is 5.64. The van der Waals surface area contributed by atoms with Crippen molar-refractivity contribution in [1.29, 1.82) is 0 Å². The summed E-state index contributed by atoms with van der Waals surface area (Å²) in [6, 6.07) is 15.3. The molecule has 3 nitrogen and oxygen atoms in total. The molecule has 0 radical (unpaired) electrons. The van der Waals surface area contributed by atoms with E-state index in [0.717, 1.165) is 22.8 Å². The highest BCUT2D eigenvalue weighted by Crippen LogP contribution is 2.68. The van der Waals surface area contributed by atoms with Gasteiger partial charge in [-0.25, -0.2) is 4.98 Å². The number of aromatic nitrogens is 3. The SMILES string of the molecule is CC1(C)[C@@H]2CC[C@@]1(C)c1ccc(-c3cccc(-c4ccc5c(n4)[C@H]4CC[C@]5(C)C4(C)C)n3)nc12. The standard InChI is InChI=1S/C31H35N3/c1-28(2)18-14-16-30(28,5)20-10-12-24(33-26(18)20)22-8-7-9-23(32-22)25-13-11-21-27(34-25)19-15-17-31(21,6)29(19,3)4/h7-13,18-19H,14-17H2,1-6H3/t18-,19-,30+,31+/m1/s1. The molecular formula is C31H35N3. The number of fused-ring (bicyclic) bond motifs is 10. The fourth-order valence-electron chi connectivity index (χ4n) is 8.34. The molecule has 0 aromatic carbocycles. The average Bonchev–Trinajstić information content (AvgIpc) is 3.34. The average molecular weight is 450 g/mol. The second-order valence-corrected chi connectivity index (χ2v) is 13.0. The van der Waals surface area contributed by atoms with Gasteiger partial charge in [-0.05, 0) is 71.9 Å². The molecule has 3 aromatic heterocycles. The van der Waals surface area contributed by atoms with Gasteiger partial charge < -0.3 is 0 Å². The molecule has 3 heterocycles. The molecule has 3 heteroatoms. The van der Waals surface area contributed by atoms with Crippen LogP contribution in [0.25, 0.3) is 22.8 Å². The van der Waals surface area contributed by atoms with Gasteiger partial charge in [0.15, 0.2) is 0 Å². The van der Waals surface area contributed by atoms with Crippen molar-refractivity contribution in [3.8, 4) is 22.8 Å². The molecule has 4 atom stereocenters. The summed E-state index contributed by atoms with van der Waals surface area (Å²) in [6.07, 6.45) is 5.03. The van der Waals surface area contributed by atoms with E-state index in [0.29, 0.717) is 11.8 Å². The zero-order valence-electron chi connectivity index (χ0n) is 21.4. The number of nitrogens with zero attached hydrogens (tertiary/aromatic N) is 3. The molecule has 0 saturated heterocycles. The Bertz CT molecular complexity index is 1270. The lowest BCUT2D eigenvalue weighted by Gasteiger charge is -2.35. The molecule has 2 fully saturated rings. The highest BCUT2D eigenvalue weighted by Gasteiger charge is 2.61. The maximum absolute atomic E-state index is 5.22. The molecule has 4 aliphatic carbocycles. The summed E-state index contributed by atoms with van der Waals surface area (Å²) in [5.41, 5.74) is 10.4. The van der Waals surface area contributed by atoms with Crippen LogP contribution in [0.3, 0.4) is 0 Å². The molecule has 174 valence electrons. The van der Waals surface area contributed by atoms with Gasteiger partial charge in [0, 0.05) is 34.1 Å². The molecule has 4 aliphatic rings. The van der Waals surface area contributed by atoms with Crippen LogP contribution in [0.5, 0.6) is 0 Å². The van der Waals surface area contributed by atoms with E-state index in [1.165, 1.54) is 48.2 Å². The molecule has 3 aromatic rings. The van der Waals surface area contributed by atoms with Crippen molar-refractivity contribution in [2.24, 2.45) is 10.8 Å². The van der Waals surface area contributed by atoms with Gasteiger partial charge >= 0.3 is 0 Å². The van der Waals surface area contributed by atoms with E-state index in [9.17, 15) is 0 Å². The topological polar surface area (TPSA) is 38.7 Å². The van der Waals surface area contributed by atoms with Gasteiger partial charge in [-0.1, -0.05) is 59.7 Å². The Kier molecular flexibility index (Phi) is 3.77. The predicted molar refractivity (Wildman–Crippen MR) is 137 cm³/mol. The summed E-state index contributed by atoms with van der Waals surface area (Å²) in [4.78, 5) is 15.5. The molecule has 34 heavy (non-hydrogen) atoms. The van der Waals surface area contributed by atoms with Gasteiger partial charge in [-0.2, -0.15) is 0 Å². The van der Waals surface area contributed by atoms with E-state index < -0.39 is 0 Å². The lowest BCUT2D eigenvalue weighted by atomic mass is 9.69. The number of pyridine rings is 3. The lowest BCUT2D eigenvalue weighted by Crippen LogP contribution is -2.31. The Balaban J connectivity index is 1.28. The maximum atomic E-state index is 5.22. The van der Waals surface area contributed by atoms with Crippen molar-refractivity contribution in [3.63, 3.8) is 0 Å². The van der Waals surface area contributed by atoms with E-state index in [1.54, 1.807) is 0 Å². The number of hydrogen-bond acceptors (Lipinski definition) is 3. The van der Waals surface area contributed by atoms with Gasteiger partial charge in [0.05, 0.1) is 22.8 Å². The zero-order valence-corrected chi connectivity index (χ0v) is 21.4. The third-order valence-corrected chi connectivity index (χ3v) is 11.4. The fraction of sp³-hybridized carbons (Fsp3) is 0.516. The van der Waals surface area contributed by atoms with Crippen LogP contribution in [0, 0.1) is 10.8 Å². The monoisotopic (exact) mass is 449 g/mol. The third kappa shape index (κ3) is 2.23. The summed E-state index contributed by atoms with van der Waals surface area (Å²) in [7, 11) is 0. The van der Waals surface area contributed by atoms with Crippen LogP contribution in [-0.2, 0) is 10.8 Å². The van der Waals surface area contributed by atoms with Gasteiger partial charge in [0.2, 0.25) is 0 Å². The van der Waals surface area contributed by atoms with Crippen LogP contribution < -0.4 is 0 Å². The molecule has 0 aliphatic heterocycles. The summed E-state index contributed by atoms with van der Waals surface area (Å²) >= 11 is 0. The van der Waals surface area contributed by atoms with Gasteiger partial charge in [-0.3, -0.25) is 9.97 Å². The Labute approximate surface area is 203 Å². The minimum atomic E-state index is 0.242. The summed E-state index contributed by atoms with van der Waals surface area (Å²) in [5.74, 6) is 1.10. The van der Waals surface area contributed by atoms with E-state index in [1.807, 2.05) is 0 Å². The molecular weight excluding hydrogens is 414 g/mol. The Morgan fingerprint density at radius 3 is 1.41 bits per heavy atom. The summed E-state index contributed by atoms with van der Waals surface area (Å²) < 4.78 is 0. The second kappa shape index (κ2) is 6.17. The van der Waals surface area contributed by atoms with Crippen molar-refractivity contribution in [3.05, 3.63) is 65.0 Å². The second-order valence-electron chi connectivity index (χ2n) is 13.0. The molecule has 0 unspecified atom stereocenters. The first kappa shape index (κ1) is 20.8. The molecule has 0 N–H and O–H groups in total. The number of hydrogen-bond donors (Lipinski definition) is 0. The van der Waals surface area contributed by atoms with E-state index in [-0.39, 0.29) is 21.7 Å². The third-order valence-electron chi connectivity index (χ3n) is 11.4. The van der Waals surface area contributed by atoms with E-state index in [2.05, 4.69) is 84.0 Å². The maximum Gasteiger partial charge on any atom is 0.0894 e. The minimum Gasteiger partial charge on any atom is -0.251 e. The molecule has 2 saturated carbocycles. The smallest absolute Gasteiger partial charge is 0.0894 e. The van der Waals surface area contributed by atoms with E-state index >= 15 is 0 Å². The Morgan fingerprint density at radius 1 is 0.559 bits per heavy atom. The van der Waals surface area contributed by atoms with Gasteiger partial charge in [0.1, 0.15) is 0 Å². The first-order chi connectivity index (χ1) is 16.1. The summed E-state index contributed by atoms with van der Waals surface area (Å²) in [5, 5.41) is 0. The normalized spacial score (nSPS) is 33.2. The van der Waals surface area contributed by atoms with Gasteiger partial charge in [-0.15, -0.1) is 0 Å². The number of rotatable bonds is 2. The van der Waals surface area contributed by atoms with Gasteiger partial charge in [0.25, 0.3) is 0 Å². The largest absolute Gasteiger partial charge is 0.251 e. The van der Waals surface area contributed by atoms with Crippen LogP contribution in [0.1, 0.15) is 102 Å². The predicted octanol–water partition coefficient (Wildman–Crippen LogP) is 7.56. The van der Waals surface area contributed by atoms with E-state index in [4.69, 9.17) is 15.0 Å². The van der Waals surface area contributed by atoms with Crippen LogP contribution in [-0.4, -0.2) is 15.0 Å². The van der Waals surface area contributed by atoms with Crippen molar-refractivity contribution in [2.45, 2.75) is 89.9 Å².